The van der Waals surface area contributed by atoms with Crippen LogP contribution in [-0.2, 0) is 17.9 Å². The number of fused-ring (bicyclic) bond motifs is 1. The van der Waals surface area contributed by atoms with Crippen LogP contribution < -0.4 is 4.90 Å². The highest BCUT2D eigenvalue weighted by atomic mass is 35.5. The average molecular weight is 394 g/mol. The lowest BCUT2D eigenvalue weighted by atomic mass is 10.2. The summed E-state index contributed by atoms with van der Waals surface area (Å²) in [6, 6.07) is 20.3. The van der Waals surface area contributed by atoms with Crippen LogP contribution in [0.1, 0.15) is 11.3 Å². The molecule has 0 aliphatic heterocycles. The molecule has 0 saturated heterocycles. The maximum absolute atomic E-state index is 13.0. The maximum Gasteiger partial charge on any atom is 0.416 e. The average Bonchev–Trinajstić information content (AvgIpc) is 3.24. The first-order chi connectivity index (χ1) is 13.7. The predicted octanol–water partition coefficient (Wildman–Crippen LogP) is 5.22. The number of benzene rings is 2. The number of nitrogens with zero attached hydrogens (tertiary/aromatic N) is 3. The highest BCUT2D eigenvalue weighted by molar-refractivity contribution is 6.29. The molecule has 0 bridgehead atoms. The lowest BCUT2D eigenvalue weighted by Gasteiger charge is -2.21. The topological polar surface area (TPSA) is 68.5 Å². The van der Waals surface area contributed by atoms with Gasteiger partial charge in [0.2, 0.25) is 5.28 Å². The van der Waals surface area contributed by atoms with Crippen LogP contribution in [-0.4, -0.2) is 16.1 Å². The summed E-state index contributed by atoms with van der Waals surface area (Å²) in [5.41, 5.74) is 1.53. The van der Waals surface area contributed by atoms with Crippen LogP contribution in [0.25, 0.3) is 10.9 Å². The number of rotatable bonds is 5. The summed E-state index contributed by atoms with van der Waals surface area (Å²) in [5.74, 6) is 0.959. The monoisotopic (exact) mass is 393 g/mol. The molecule has 0 spiro atoms. The molecule has 4 rings (SSSR count). The number of ether oxygens (including phenoxy) is 1. The van der Waals surface area contributed by atoms with E-state index in [-0.39, 0.29) is 18.4 Å². The summed E-state index contributed by atoms with van der Waals surface area (Å²) in [7, 11) is 0. The molecule has 7 heteroatoms. The van der Waals surface area contributed by atoms with Gasteiger partial charge in [-0.15, -0.1) is 0 Å². The lowest BCUT2D eigenvalue weighted by molar-refractivity contribution is 0.146. The Morgan fingerprint density at radius 3 is 2.57 bits per heavy atom. The fourth-order valence-electron chi connectivity index (χ4n) is 2.82. The number of hydrogen-bond acceptors (Lipinski definition) is 5. The Hall–Kier alpha value is -3.38. The van der Waals surface area contributed by atoms with Crippen molar-refractivity contribution in [2.24, 2.45) is 0 Å². The van der Waals surface area contributed by atoms with E-state index in [4.69, 9.17) is 20.8 Å². The van der Waals surface area contributed by atoms with Crippen molar-refractivity contribution in [3.05, 3.63) is 89.6 Å². The first kappa shape index (κ1) is 18.0. The third kappa shape index (κ3) is 3.97. The Kier molecular flexibility index (Phi) is 5.21. The molecule has 28 heavy (non-hydrogen) atoms. The molecule has 6 nitrogen and oxygen atoms in total. The van der Waals surface area contributed by atoms with E-state index in [0.717, 1.165) is 5.56 Å². The summed E-state index contributed by atoms with van der Waals surface area (Å²) in [5, 5.41) is 0.740. The molecule has 0 N–H and O–H groups in total. The smallest absolute Gasteiger partial charge is 0.416 e. The largest absolute Gasteiger partial charge is 0.467 e. The molecule has 1 amide bonds. The molecule has 0 unspecified atom stereocenters. The van der Waals surface area contributed by atoms with E-state index >= 15 is 0 Å². The van der Waals surface area contributed by atoms with Crippen molar-refractivity contribution in [3.8, 4) is 0 Å². The van der Waals surface area contributed by atoms with Crippen LogP contribution in [0, 0.1) is 0 Å². The van der Waals surface area contributed by atoms with E-state index < -0.39 is 6.09 Å². The molecule has 0 fully saturated rings. The zero-order chi connectivity index (χ0) is 19.3. The molecule has 2 aromatic carbocycles. The van der Waals surface area contributed by atoms with Crippen LogP contribution >= 0.6 is 11.6 Å². The number of halogens is 1. The number of anilines is 1. The summed E-state index contributed by atoms with van der Waals surface area (Å²) < 4.78 is 10.9. The third-order valence-corrected chi connectivity index (χ3v) is 4.30. The second kappa shape index (κ2) is 8.10. The Morgan fingerprint density at radius 2 is 1.79 bits per heavy atom. The van der Waals surface area contributed by atoms with Crippen LogP contribution in [0.2, 0.25) is 5.28 Å². The summed E-state index contributed by atoms with van der Waals surface area (Å²) in [4.78, 5) is 22.9. The molecular formula is C21H16ClN3O3. The van der Waals surface area contributed by atoms with Crippen LogP contribution in [0.15, 0.2) is 77.4 Å². The van der Waals surface area contributed by atoms with E-state index in [1.54, 1.807) is 18.4 Å². The molecule has 0 saturated carbocycles. The van der Waals surface area contributed by atoms with Crippen LogP contribution in [0.3, 0.4) is 0 Å². The van der Waals surface area contributed by atoms with Gasteiger partial charge in [-0.05, 0) is 41.4 Å². The van der Waals surface area contributed by atoms with Gasteiger partial charge in [-0.3, -0.25) is 4.90 Å². The fourth-order valence-corrected chi connectivity index (χ4v) is 2.99. The van der Waals surface area contributed by atoms with E-state index in [2.05, 4.69) is 9.97 Å². The number of aromatic nitrogens is 2. The van der Waals surface area contributed by atoms with Gasteiger partial charge in [0.15, 0.2) is 5.82 Å². The molecule has 0 radical (unpaired) electrons. The van der Waals surface area contributed by atoms with Crippen molar-refractivity contribution in [2.45, 2.75) is 13.2 Å². The highest BCUT2D eigenvalue weighted by Crippen LogP contribution is 2.27. The van der Waals surface area contributed by atoms with Crippen molar-refractivity contribution in [1.82, 2.24) is 9.97 Å². The Bertz CT molecular complexity index is 1080. The number of carbonyl (C=O) groups is 1. The Labute approximate surface area is 166 Å². The molecule has 2 aromatic heterocycles. The van der Waals surface area contributed by atoms with Gasteiger partial charge >= 0.3 is 6.09 Å². The number of carbonyl (C=O) groups excluding carboxylic acids is 1. The van der Waals surface area contributed by atoms with Crippen molar-refractivity contribution in [2.75, 3.05) is 4.90 Å². The lowest BCUT2D eigenvalue weighted by Crippen LogP contribution is -2.32. The van der Waals surface area contributed by atoms with E-state index in [1.165, 1.54) is 4.90 Å². The second-order valence-corrected chi connectivity index (χ2v) is 6.38. The molecule has 0 aliphatic carbocycles. The van der Waals surface area contributed by atoms with Crippen molar-refractivity contribution in [1.29, 1.82) is 0 Å². The van der Waals surface area contributed by atoms with Gasteiger partial charge in [0, 0.05) is 5.39 Å². The van der Waals surface area contributed by atoms with Crippen molar-refractivity contribution >= 4 is 34.4 Å². The normalized spacial score (nSPS) is 10.8. The minimum absolute atomic E-state index is 0.0500. The predicted molar refractivity (Wildman–Crippen MR) is 106 cm³/mol. The zero-order valence-corrected chi connectivity index (χ0v) is 15.5. The van der Waals surface area contributed by atoms with Gasteiger partial charge in [-0.2, -0.15) is 4.98 Å². The highest BCUT2D eigenvalue weighted by Gasteiger charge is 2.23. The van der Waals surface area contributed by atoms with Crippen LogP contribution in [0.5, 0.6) is 0 Å². The first-order valence-corrected chi connectivity index (χ1v) is 9.01. The fraction of sp³-hybridized carbons (Fsp3) is 0.0952. The second-order valence-electron chi connectivity index (χ2n) is 6.04. The maximum atomic E-state index is 13.0. The minimum atomic E-state index is -0.555. The molecular weight excluding hydrogens is 378 g/mol. The van der Waals surface area contributed by atoms with E-state index in [1.807, 2.05) is 54.6 Å². The number of furan rings is 1. The SMILES string of the molecule is O=C(OCc1ccccc1)N(Cc1ccco1)c1nc(Cl)nc2ccccc12. The standard InChI is InChI=1S/C21H16ClN3O3/c22-20-23-18-11-5-4-10-17(18)19(24-20)25(13-16-9-6-12-27-16)21(26)28-14-15-7-2-1-3-8-15/h1-12H,13-14H2. The van der Waals surface area contributed by atoms with Crippen molar-refractivity contribution in [3.63, 3.8) is 0 Å². The summed E-state index contributed by atoms with van der Waals surface area (Å²) in [6.45, 7) is 0.295. The number of amides is 1. The quantitative estimate of drug-likeness (QED) is 0.435. The third-order valence-electron chi connectivity index (χ3n) is 4.13. The number of para-hydroxylation sites is 1. The van der Waals surface area contributed by atoms with Gasteiger partial charge in [0.25, 0.3) is 0 Å². The van der Waals surface area contributed by atoms with Crippen molar-refractivity contribution < 1.29 is 13.9 Å². The van der Waals surface area contributed by atoms with Gasteiger partial charge < -0.3 is 9.15 Å². The zero-order valence-electron chi connectivity index (χ0n) is 14.8. The van der Waals surface area contributed by atoms with E-state index in [0.29, 0.717) is 22.5 Å². The molecule has 2 heterocycles. The molecule has 0 aliphatic rings. The minimum Gasteiger partial charge on any atom is -0.467 e. The van der Waals surface area contributed by atoms with E-state index in [9.17, 15) is 4.79 Å². The first-order valence-electron chi connectivity index (χ1n) is 8.63. The molecule has 4 aromatic rings. The molecule has 140 valence electrons. The Morgan fingerprint density at radius 1 is 1.00 bits per heavy atom. The van der Waals surface area contributed by atoms with Gasteiger partial charge in [-0.1, -0.05) is 42.5 Å². The van der Waals surface area contributed by atoms with Gasteiger partial charge in [0.1, 0.15) is 12.4 Å². The van der Waals surface area contributed by atoms with Crippen LogP contribution in [0.4, 0.5) is 10.6 Å². The van der Waals surface area contributed by atoms with Gasteiger partial charge in [0.05, 0.1) is 18.3 Å². The number of hydrogen-bond donors (Lipinski definition) is 0. The Balaban J connectivity index is 1.69. The summed E-state index contributed by atoms with van der Waals surface area (Å²) >= 11 is 6.10. The molecule has 0 atom stereocenters. The van der Waals surface area contributed by atoms with Gasteiger partial charge in [-0.25, -0.2) is 9.78 Å². The summed E-state index contributed by atoms with van der Waals surface area (Å²) in [6.07, 6.45) is 0.994.